The summed E-state index contributed by atoms with van der Waals surface area (Å²) in [6.45, 7) is 1.73. The molecule has 0 heterocycles. The molecule has 84 valence electrons. The molecule has 0 spiro atoms. The first-order valence-corrected chi connectivity index (χ1v) is 5.17. The number of halogens is 1. The predicted molar refractivity (Wildman–Crippen MR) is 57.0 cm³/mol. The van der Waals surface area contributed by atoms with Gasteiger partial charge in [0.1, 0.15) is 5.82 Å². The molecule has 2 atom stereocenters. The van der Waals surface area contributed by atoms with Crippen LogP contribution in [0.4, 0.5) is 4.39 Å². The van der Waals surface area contributed by atoms with Crippen LogP contribution in [0.1, 0.15) is 18.9 Å². The van der Waals surface area contributed by atoms with Crippen LogP contribution in [0.3, 0.4) is 0 Å². The molecule has 0 bridgehead atoms. The fourth-order valence-corrected chi connectivity index (χ4v) is 1.41. The van der Waals surface area contributed by atoms with Gasteiger partial charge in [0.15, 0.2) is 0 Å². The van der Waals surface area contributed by atoms with Crippen molar-refractivity contribution in [2.75, 3.05) is 6.61 Å². The normalized spacial score (nSPS) is 14.9. The van der Waals surface area contributed by atoms with E-state index >= 15 is 0 Å². The molecule has 0 fully saturated rings. The molecule has 1 aromatic rings. The van der Waals surface area contributed by atoms with Crippen LogP contribution in [0.15, 0.2) is 24.3 Å². The van der Waals surface area contributed by atoms with Gasteiger partial charge in [-0.25, -0.2) is 4.39 Å². The van der Waals surface area contributed by atoms with Crippen LogP contribution in [0.25, 0.3) is 0 Å². The minimum atomic E-state index is -0.574. The first kappa shape index (κ1) is 12.1. The molecule has 0 aliphatic carbocycles. The van der Waals surface area contributed by atoms with Crippen molar-refractivity contribution in [1.29, 1.82) is 0 Å². The Bertz CT molecular complexity index is 301. The van der Waals surface area contributed by atoms with Crippen molar-refractivity contribution in [2.45, 2.75) is 25.9 Å². The lowest BCUT2D eigenvalue weighted by atomic mass is 9.98. The van der Waals surface area contributed by atoms with Gasteiger partial charge in [-0.15, -0.1) is 0 Å². The van der Waals surface area contributed by atoms with E-state index in [-0.39, 0.29) is 18.3 Å². The number of aryl methyl sites for hydroxylation is 1. The van der Waals surface area contributed by atoms with E-state index in [4.69, 9.17) is 5.11 Å². The topological polar surface area (TPSA) is 40.5 Å². The van der Waals surface area contributed by atoms with Crippen molar-refractivity contribution in [3.63, 3.8) is 0 Å². The Hall–Kier alpha value is -0.930. The van der Waals surface area contributed by atoms with Gasteiger partial charge >= 0.3 is 0 Å². The highest BCUT2D eigenvalue weighted by Crippen LogP contribution is 2.13. The molecular formula is C12H17FO2. The number of benzene rings is 1. The molecule has 3 heteroatoms. The lowest BCUT2D eigenvalue weighted by Gasteiger charge is -2.16. The number of hydrogen-bond acceptors (Lipinski definition) is 2. The van der Waals surface area contributed by atoms with E-state index in [2.05, 4.69) is 0 Å². The first-order chi connectivity index (χ1) is 7.15. The third-order valence-electron chi connectivity index (χ3n) is 2.61. The molecule has 2 nitrogen and oxygen atoms in total. The zero-order valence-corrected chi connectivity index (χ0v) is 8.86. The highest BCUT2D eigenvalue weighted by Gasteiger charge is 2.13. The lowest BCUT2D eigenvalue weighted by molar-refractivity contribution is 0.0707. The molecular weight excluding hydrogens is 195 g/mol. The van der Waals surface area contributed by atoms with Gasteiger partial charge in [-0.1, -0.05) is 25.1 Å². The summed E-state index contributed by atoms with van der Waals surface area (Å²) in [6, 6.07) is 6.55. The Kier molecular flexibility index (Phi) is 4.72. The molecule has 0 radical (unpaired) electrons. The summed E-state index contributed by atoms with van der Waals surface area (Å²) in [7, 11) is 0. The number of hydrogen-bond donors (Lipinski definition) is 2. The third-order valence-corrected chi connectivity index (χ3v) is 2.61. The van der Waals surface area contributed by atoms with Crippen molar-refractivity contribution in [1.82, 2.24) is 0 Å². The van der Waals surface area contributed by atoms with Gasteiger partial charge in [-0.05, 0) is 24.5 Å². The van der Waals surface area contributed by atoms with Crippen molar-refractivity contribution < 1.29 is 14.6 Å². The Labute approximate surface area is 89.4 Å². The van der Waals surface area contributed by atoms with Gasteiger partial charge in [0.05, 0.1) is 6.10 Å². The number of aliphatic hydroxyl groups is 2. The average molecular weight is 212 g/mol. The van der Waals surface area contributed by atoms with E-state index in [1.54, 1.807) is 25.1 Å². The second-order valence-corrected chi connectivity index (χ2v) is 3.86. The molecule has 1 aromatic carbocycles. The molecule has 2 N–H and O–H groups in total. The largest absolute Gasteiger partial charge is 0.396 e. The molecule has 0 amide bonds. The Morgan fingerprint density at radius 2 is 2.00 bits per heavy atom. The van der Waals surface area contributed by atoms with Gasteiger partial charge in [0.25, 0.3) is 0 Å². The van der Waals surface area contributed by atoms with E-state index in [0.717, 1.165) is 0 Å². The van der Waals surface area contributed by atoms with Gasteiger partial charge in [-0.2, -0.15) is 0 Å². The van der Waals surface area contributed by atoms with Crippen LogP contribution in [0.2, 0.25) is 0 Å². The summed E-state index contributed by atoms with van der Waals surface area (Å²) in [6.07, 6.45) is 0.399. The maximum absolute atomic E-state index is 13.2. The SMILES string of the molecule is CC(CO)C(O)CCc1ccccc1F. The Balaban J connectivity index is 2.47. The van der Waals surface area contributed by atoms with E-state index in [0.29, 0.717) is 18.4 Å². The maximum atomic E-state index is 13.2. The van der Waals surface area contributed by atoms with Gasteiger partial charge in [0.2, 0.25) is 0 Å². The maximum Gasteiger partial charge on any atom is 0.126 e. The van der Waals surface area contributed by atoms with E-state index in [1.807, 2.05) is 0 Å². The highest BCUT2D eigenvalue weighted by molar-refractivity contribution is 5.17. The molecule has 1 rings (SSSR count). The predicted octanol–water partition coefficient (Wildman–Crippen LogP) is 1.75. The summed E-state index contributed by atoms with van der Waals surface area (Å²) in [5, 5.41) is 18.4. The van der Waals surface area contributed by atoms with E-state index in [1.165, 1.54) is 6.07 Å². The molecule has 0 aliphatic heterocycles. The van der Waals surface area contributed by atoms with Crippen LogP contribution in [-0.4, -0.2) is 22.9 Å². The van der Waals surface area contributed by atoms with Crippen LogP contribution >= 0.6 is 0 Å². The fourth-order valence-electron chi connectivity index (χ4n) is 1.41. The standard InChI is InChI=1S/C12H17FO2/c1-9(8-14)12(15)7-6-10-4-2-3-5-11(10)13/h2-5,9,12,14-15H,6-8H2,1H3. The minimum absolute atomic E-state index is 0.0432. The number of rotatable bonds is 5. The van der Waals surface area contributed by atoms with Crippen LogP contribution in [-0.2, 0) is 6.42 Å². The molecule has 0 aromatic heterocycles. The van der Waals surface area contributed by atoms with Gasteiger partial charge in [0, 0.05) is 12.5 Å². The Morgan fingerprint density at radius 3 is 2.60 bits per heavy atom. The van der Waals surface area contributed by atoms with Crippen molar-refractivity contribution in [3.05, 3.63) is 35.6 Å². The second kappa shape index (κ2) is 5.83. The fraction of sp³-hybridized carbons (Fsp3) is 0.500. The molecule has 0 saturated carbocycles. The molecule has 0 aliphatic rings. The van der Waals surface area contributed by atoms with E-state index < -0.39 is 6.10 Å². The smallest absolute Gasteiger partial charge is 0.126 e. The van der Waals surface area contributed by atoms with Crippen molar-refractivity contribution in [2.24, 2.45) is 5.92 Å². The summed E-state index contributed by atoms with van der Waals surface area (Å²) in [5.74, 6) is -0.391. The first-order valence-electron chi connectivity index (χ1n) is 5.17. The summed E-state index contributed by atoms with van der Waals surface area (Å²) in [5.41, 5.74) is 0.613. The van der Waals surface area contributed by atoms with Crippen LogP contribution < -0.4 is 0 Å². The zero-order valence-electron chi connectivity index (χ0n) is 8.86. The average Bonchev–Trinajstić information content (AvgIpc) is 2.26. The monoisotopic (exact) mass is 212 g/mol. The summed E-state index contributed by atoms with van der Waals surface area (Å²) in [4.78, 5) is 0. The van der Waals surface area contributed by atoms with E-state index in [9.17, 15) is 9.50 Å². The van der Waals surface area contributed by atoms with Gasteiger partial charge in [-0.3, -0.25) is 0 Å². The molecule has 2 unspecified atom stereocenters. The lowest BCUT2D eigenvalue weighted by Crippen LogP contribution is -2.21. The minimum Gasteiger partial charge on any atom is -0.396 e. The molecule has 15 heavy (non-hydrogen) atoms. The zero-order chi connectivity index (χ0) is 11.3. The summed E-state index contributed by atoms with van der Waals surface area (Å²) >= 11 is 0. The van der Waals surface area contributed by atoms with Crippen molar-refractivity contribution >= 4 is 0 Å². The summed E-state index contributed by atoms with van der Waals surface area (Å²) < 4.78 is 13.2. The quantitative estimate of drug-likeness (QED) is 0.780. The van der Waals surface area contributed by atoms with Crippen LogP contribution in [0, 0.1) is 11.7 Å². The third kappa shape index (κ3) is 3.61. The molecule has 0 saturated heterocycles. The van der Waals surface area contributed by atoms with Gasteiger partial charge < -0.3 is 10.2 Å². The van der Waals surface area contributed by atoms with Crippen molar-refractivity contribution in [3.8, 4) is 0 Å². The highest BCUT2D eigenvalue weighted by atomic mass is 19.1. The Morgan fingerprint density at radius 1 is 1.33 bits per heavy atom. The van der Waals surface area contributed by atoms with Crippen LogP contribution in [0.5, 0.6) is 0 Å². The number of aliphatic hydroxyl groups excluding tert-OH is 2. The second-order valence-electron chi connectivity index (χ2n) is 3.86.